The molecule has 0 N–H and O–H groups in total. The summed E-state index contributed by atoms with van der Waals surface area (Å²) in [6, 6.07) is 6.90. The van der Waals surface area contributed by atoms with Crippen LogP contribution in [0.4, 0.5) is 0 Å². The Morgan fingerprint density at radius 3 is 2.41 bits per heavy atom. The number of amides is 2. The van der Waals surface area contributed by atoms with Gasteiger partial charge in [-0.25, -0.2) is 4.79 Å². The molecule has 0 bridgehead atoms. The van der Waals surface area contributed by atoms with Crippen LogP contribution in [-0.2, 0) is 14.3 Å². The zero-order valence-corrected chi connectivity index (χ0v) is 20.1. The predicted molar refractivity (Wildman–Crippen MR) is 131 cm³/mol. The fourth-order valence-corrected chi connectivity index (χ4v) is 5.19. The first kappa shape index (κ1) is 24.5. The Hall–Kier alpha value is -2.19. The summed E-state index contributed by atoms with van der Waals surface area (Å²) in [4.78, 5) is 40.9. The van der Waals surface area contributed by atoms with E-state index >= 15 is 0 Å². The molecule has 8 heteroatoms. The third-order valence-corrected chi connectivity index (χ3v) is 7.11. The molecule has 0 atom stereocenters. The zero-order valence-electron chi connectivity index (χ0n) is 18.5. The Kier molecular flexibility index (Phi) is 9.29. The van der Waals surface area contributed by atoms with Crippen LogP contribution in [0.2, 0.25) is 0 Å². The summed E-state index contributed by atoms with van der Waals surface area (Å²) in [5, 5.41) is 0. The van der Waals surface area contributed by atoms with E-state index in [0.29, 0.717) is 27.8 Å². The van der Waals surface area contributed by atoms with Crippen molar-refractivity contribution in [2.24, 2.45) is 0 Å². The Morgan fingerprint density at radius 1 is 1.06 bits per heavy atom. The number of ether oxygens (including phenoxy) is 1. The number of methoxy groups -OCH3 is 1. The van der Waals surface area contributed by atoms with Crippen molar-refractivity contribution in [1.82, 2.24) is 9.80 Å². The molecule has 2 aliphatic heterocycles. The van der Waals surface area contributed by atoms with Crippen LogP contribution in [0.3, 0.4) is 0 Å². The summed E-state index contributed by atoms with van der Waals surface area (Å²) in [5.74, 6) is -0.215. The molecule has 172 valence electrons. The van der Waals surface area contributed by atoms with Gasteiger partial charge in [0.05, 0.1) is 17.6 Å². The summed E-state index contributed by atoms with van der Waals surface area (Å²) >= 11 is 6.70. The quantitative estimate of drug-likeness (QED) is 0.237. The van der Waals surface area contributed by atoms with E-state index < -0.39 is 5.97 Å². The fraction of sp³-hybridized carbons (Fsp3) is 0.500. The van der Waals surface area contributed by atoms with Gasteiger partial charge in [-0.05, 0) is 49.5 Å². The van der Waals surface area contributed by atoms with Gasteiger partial charge >= 0.3 is 5.97 Å². The second-order valence-electron chi connectivity index (χ2n) is 8.05. The predicted octanol–water partition coefficient (Wildman–Crippen LogP) is 4.64. The smallest absolute Gasteiger partial charge is 0.337 e. The molecule has 3 rings (SSSR count). The third kappa shape index (κ3) is 6.65. The molecule has 0 spiro atoms. The number of unbranched alkanes of at least 4 members (excludes halogenated alkanes) is 2. The van der Waals surface area contributed by atoms with E-state index in [9.17, 15) is 14.4 Å². The van der Waals surface area contributed by atoms with Crippen LogP contribution in [0.15, 0.2) is 29.2 Å². The minimum absolute atomic E-state index is 0.0855. The molecule has 2 fully saturated rings. The average Bonchev–Trinajstić information content (AvgIpc) is 2.99. The number of carbonyl (C=O) groups excluding carboxylic acids is 3. The first-order valence-corrected chi connectivity index (χ1v) is 12.4. The first-order valence-electron chi connectivity index (χ1n) is 11.2. The van der Waals surface area contributed by atoms with Gasteiger partial charge in [-0.15, -0.1) is 0 Å². The van der Waals surface area contributed by atoms with Crippen molar-refractivity contribution in [2.75, 3.05) is 26.7 Å². The molecule has 0 saturated carbocycles. The van der Waals surface area contributed by atoms with Gasteiger partial charge in [0, 0.05) is 26.1 Å². The molecular formula is C24H30N2O4S2. The Balaban J connectivity index is 1.44. The Bertz CT molecular complexity index is 874. The molecule has 2 heterocycles. The lowest BCUT2D eigenvalue weighted by Gasteiger charge is -2.20. The summed E-state index contributed by atoms with van der Waals surface area (Å²) in [5.41, 5.74) is 1.29. The lowest BCUT2D eigenvalue weighted by atomic mass is 10.1. The van der Waals surface area contributed by atoms with Crippen molar-refractivity contribution in [3.05, 3.63) is 40.3 Å². The van der Waals surface area contributed by atoms with E-state index in [1.807, 2.05) is 4.90 Å². The van der Waals surface area contributed by atoms with Gasteiger partial charge in [0.1, 0.15) is 4.32 Å². The van der Waals surface area contributed by atoms with Crippen molar-refractivity contribution >= 4 is 52.2 Å². The summed E-state index contributed by atoms with van der Waals surface area (Å²) < 4.78 is 5.26. The van der Waals surface area contributed by atoms with Gasteiger partial charge in [-0.2, -0.15) is 0 Å². The SMILES string of the molecule is COC(=O)c1ccc(C=C2SC(=S)N(CCCCCC(=O)N3CCCCCC3)C2=O)cc1. The number of carbonyl (C=O) groups is 3. The van der Waals surface area contributed by atoms with Crippen LogP contribution in [0.25, 0.3) is 6.08 Å². The van der Waals surface area contributed by atoms with Gasteiger partial charge < -0.3 is 9.64 Å². The van der Waals surface area contributed by atoms with Crippen molar-refractivity contribution in [3.63, 3.8) is 0 Å². The van der Waals surface area contributed by atoms with Crippen molar-refractivity contribution in [3.8, 4) is 0 Å². The highest BCUT2D eigenvalue weighted by atomic mass is 32.2. The zero-order chi connectivity index (χ0) is 22.9. The normalized spacial score (nSPS) is 18.2. The molecule has 0 aromatic heterocycles. The van der Waals surface area contributed by atoms with E-state index in [2.05, 4.69) is 0 Å². The summed E-state index contributed by atoms with van der Waals surface area (Å²) in [7, 11) is 1.34. The molecule has 0 radical (unpaired) electrons. The number of rotatable bonds is 8. The number of esters is 1. The highest BCUT2D eigenvalue weighted by Gasteiger charge is 2.31. The topological polar surface area (TPSA) is 66.9 Å². The van der Waals surface area contributed by atoms with Gasteiger partial charge in [0.15, 0.2) is 0 Å². The largest absolute Gasteiger partial charge is 0.465 e. The van der Waals surface area contributed by atoms with E-state index in [1.54, 1.807) is 35.2 Å². The molecule has 32 heavy (non-hydrogen) atoms. The van der Waals surface area contributed by atoms with Crippen LogP contribution >= 0.6 is 24.0 Å². The van der Waals surface area contributed by atoms with Crippen molar-refractivity contribution < 1.29 is 19.1 Å². The minimum atomic E-state index is -0.393. The number of nitrogens with zero attached hydrogens (tertiary/aromatic N) is 2. The number of likely N-dealkylation sites (tertiary alicyclic amines) is 1. The lowest BCUT2D eigenvalue weighted by Crippen LogP contribution is -2.31. The monoisotopic (exact) mass is 474 g/mol. The van der Waals surface area contributed by atoms with Crippen LogP contribution in [0.1, 0.15) is 67.3 Å². The molecule has 2 saturated heterocycles. The van der Waals surface area contributed by atoms with Gasteiger partial charge in [-0.3, -0.25) is 14.5 Å². The molecule has 0 aliphatic carbocycles. The average molecular weight is 475 g/mol. The van der Waals surface area contributed by atoms with Crippen molar-refractivity contribution in [2.45, 2.75) is 51.4 Å². The van der Waals surface area contributed by atoms with E-state index in [-0.39, 0.29) is 11.8 Å². The molecule has 2 amide bonds. The molecule has 1 aromatic carbocycles. The third-order valence-electron chi connectivity index (χ3n) is 5.73. The van der Waals surface area contributed by atoms with Crippen LogP contribution in [0.5, 0.6) is 0 Å². The fourth-order valence-electron chi connectivity index (χ4n) is 3.88. The standard InChI is InChI=1S/C24H30N2O4S2/c1-30-23(29)19-12-10-18(11-13-19)17-20-22(28)26(24(31)32-20)16-8-4-5-9-21(27)25-14-6-2-3-7-15-25/h10-13,17H,2-9,14-16H2,1H3. The second kappa shape index (κ2) is 12.2. The van der Waals surface area contributed by atoms with Gasteiger partial charge in [-0.1, -0.05) is 55.4 Å². The highest BCUT2D eigenvalue weighted by Crippen LogP contribution is 2.32. The Morgan fingerprint density at radius 2 is 1.75 bits per heavy atom. The van der Waals surface area contributed by atoms with E-state index in [0.717, 1.165) is 50.8 Å². The van der Waals surface area contributed by atoms with Crippen LogP contribution < -0.4 is 0 Å². The maximum Gasteiger partial charge on any atom is 0.337 e. The first-order chi connectivity index (χ1) is 15.5. The van der Waals surface area contributed by atoms with E-state index in [4.69, 9.17) is 17.0 Å². The number of benzene rings is 1. The van der Waals surface area contributed by atoms with Crippen LogP contribution in [0, 0.1) is 0 Å². The highest BCUT2D eigenvalue weighted by molar-refractivity contribution is 8.26. The van der Waals surface area contributed by atoms with Gasteiger partial charge in [0.25, 0.3) is 5.91 Å². The maximum absolute atomic E-state index is 12.8. The second-order valence-corrected chi connectivity index (χ2v) is 9.73. The molecule has 0 unspecified atom stereocenters. The van der Waals surface area contributed by atoms with Crippen molar-refractivity contribution in [1.29, 1.82) is 0 Å². The number of thiocarbonyl (C=S) groups is 1. The molecule has 6 nitrogen and oxygen atoms in total. The maximum atomic E-state index is 12.8. The lowest BCUT2D eigenvalue weighted by molar-refractivity contribution is -0.131. The molecule has 2 aliphatic rings. The molecule has 1 aromatic rings. The van der Waals surface area contributed by atoms with Crippen LogP contribution in [-0.4, -0.2) is 58.6 Å². The number of hydrogen-bond donors (Lipinski definition) is 0. The van der Waals surface area contributed by atoms with Gasteiger partial charge in [0.2, 0.25) is 5.91 Å². The minimum Gasteiger partial charge on any atom is -0.465 e. The number of thioether (sulfide) groups is 1. The summed E-state index contributed by atoms with van der Waals surface area (Å²) in [6.07, 6.45) is 9.60. The Labute approximate surface area is 199 Å². The van der Waals surface area contributed by atoms with E-state index in [1.165, 1.54) is 31.7 Å². The number of hydrogen-bond acceptors (Lipinski definition) is 6. The molecular weight excluding hydrogens is 444 g/mol. The summed E-state index contributed by atoms with van der Waals surface area (Å²) in [6.45, 7) is 2.36.